The van der Waals surface area contributed by atoms with Crippen molar-refractivity contribution in [2.45, 2.75) is 38.8 Å². The molecule has 234 valence electrons. The first-order chi connectivity index (χ1) is 20.8. The Morgan fingerprint density at radius 3 is 2.09 bits per heavy atom. The van der Waals surface area contributed by atoms with E-state index in [9.17, 15) is 22.0 Å². The quantitative estimate of drug-likeness (QED) is 0.201. The highest BCUT2D eigenvalue weighted by atomic mass is 32.2. The lowest BCUT2D eigenvalue weighted by Gasteiger charge is -2.26. The standard InChI is InChI=1S/C27H30F2N2O.C7H10N2O2S/c1-20(18-30-19-22-12-9-15-24(16-22)27(2,28)29)25(17-21-10-5-3-6-11-21)31-26(32)23-13-7-4-8-14-23;1-9(12(2,10)11)7-3-5-8-6-4-7/h3-16,20,25,30H,17-19H2,1-2H3,(H,31,32);3-6H,1-2H3. The van der Waals surface area contributed by atoms with Crippen molar-refractivity contribution in [2.75, 3.05) is 24.2 Å². The Balaban J connectivity index is 0.000000369. The Bertz CT molecular complexity index is 1550. The fourth-order valence-electron chi connectivity index (χ4n) is 4.39. The van der Waals surface area contributed by atoms with Crippen LogP contribution in [-0.2, 0) is 28.9 Å². The monoisotopic (exact) mass is 622 g/mol. The molecular weight excluding hydrogens is 582 g/mol. The summed E-state index contributed by atoms with van der Waals surface area (Å²) in [5.41, 5.74) is 3.22. The van der Waals surface area contributed by atoms with Gasteiger partial charge in [-0.2, -0.15) is 0 Å². The number of benzene rings is 3. The highest BCUT2D eigenvalue weighted by molar-refractivity contribution is 7.92. The highest BCUT2D eigenvalue weighted by Gasteiger charge is 2.24. The van der Waals surface area contributed by atoms with Crippen molar-refractivity contribution in [1.29, 1.82) is 0 Å². The average Bonchev–Trinajstić information content (AvgIpc) is 3.01. The number of amides is 1. The van der Waals surface area contributed by atoms with Gasteiger partial charge in [0.15, 0.2) is 0 Å². The SMILES string of the molecule is CC(CNCc1cccc(C(C)(F)F)c1)C(Cc1ccccc1)NC(=O)c1ccccc1.CN(c1ccncc1)S(C)(=O)=O. The number of sulfonamides is 1. The summed E-state index contributed by atoms with van der Waals surface area (Å²) < 4.78 is 50.5. The molecular formula is C34H40F2N4O3S. The van der Waals surface area contributed by atoms with E-state index in [0.717, 1.165) is 24.3 Å². The third-order valence-corrected chi connectivity index (χ3v) is 8.30. The molecule has 0 saturated heterocycles. The third kappa shape index (κ3) is 11.2. The molecule has 0 radical (unpaired) electrons. The molecule has 3 aromatic carbocycles. The zero-order chi connectivity index (χ0) is 32.2. The number of nitrogens with zero attached hydrogens (tertiary/aromatic N) is 2. The summed E-state index contributed by atoms with van der Waals surface area (Å²) in [4.78, 5) is 16.6. The molecule has 0 fully saturated rings. The number of carbonyl (C=O) groups is 1. The molecule has 7 nitrogen and oxygen atoms in total. The number of nitrogens with one attached hydrogen (secondary N) is 2. The predicted molar refractivity (Wildman–Crippen MR) is 172 cm³/mol. The Labute approximate surface area is 259 Å². The molecule has 0 bridgehead atoms. The van der Waals surface area contributed by atoms with Crippen LogP contribution in [0.2, 0.25) is 0 Å². The minimum Gasteiger partial charge on any atom is -0.349 e. The molecule has 1 heterocycles. The van der Waals surface area contributed by atoms with Gasteiger partial charge in [0.2, 0.25) is 10.0 Å². The topological polar surface area (TPSA) is 91.4 Å². The molecule has 0 saturated carbocycles. The van der Waals surface area contributed by atoms with E-state index < -0.39 is 15.9 Å². The van der Waals surface area contributed by atoms with Crippen molar-refractivity contribution in [1.82, 2.24) is 15.6 Å². The lowest BCUT2D eigenvalue weighted by Crippen LogP contribution is -2.44. The predicted octanol–water partition coefficient (Wildman–Crippen LogP) is 6.04. The number of hydrogen-bond acceptors (Lipinski definition) is 5. The number of aromatic nitrogens is 1. The third-order valence-electron chi connectivity index (χ3n) is 7.09. The van der Waals surface area contributed by atoms with E-state index in [-0.39, 0.29) is 23.4 Å². The normalized spacial score (nSPS) is 12.8. The smallest absolute Gasteiger partial charge is 0.270 e. The fourth-order valence-corrected chi connectivity index (χ4v) is 4.89. The van der Waals surface area contributed by atoms with Crippen LogP contribution < -0.4 is 14.9 Å². The molecule has 2 N–H and O–H groups in total. The van der Waals surface area contributed by atoms with Gasteiger partial charge in [0, 0.05) is 50.1 Å². The molecule has 0 aliphatic heterocycles. The van der Waals surface area contributed by atoms with Crippen molar-refractivity contribution < 1.29 is 22.0 Å². The fraction of sp³-hybridized carbons (Fsp3) is 0.294. The Kier molecular flexibility index (Phi) is 12.5. The molecule has 0 spiro atoms. The lowest BCUT2D eigenvalue weighted by molar-refractivity contribution is 0.0174. The number of alkyl halides is 2. The van der Waals surface area contributed by atoms with E-state index in [1.54, 1.807) is 42.7 Å². The number of pyridine rings is 1. The first kappa shape index (κ1) is 34.3. The summed E-state index contributed by atoms with van der Waals surface area (Å²) in [5, 5.41) is 6.54. The van der Waals surface area contributed by atoms with E-state index >= 15 is 0 Å². The van der Waals surface area contributed by atoms with E-state index in [1.807, 2.05) is 42.5 Å². The van der Waals surface area contributed by atoms with Gasteiger partial charge in [0.25, 0.3) is 11.8 Å². The second-order valence-electron chi connectivity index (χ2n) is 10.8. The molecule has 44 heavy (non-hydrogen) atoms. The number of halogens is 2. The van der Waals surface area contributed by atoms with Crippen LogP contribution in [0.4, 0.5) is 14.5 Å². The van der Waals surface area contributed by atoms with Gasteiger partial charge < -0.3 is 10.6 Å². The van der Waals surface area contributed by atoms with E-state index in [4.69, 9.17) is 0 Å². The molecule has 1 aromatic heterocycles. The van der Waals surface area contributed by atoms with Crippen LogP contribution >= 0.6 is 0 Å². The lowest BCUT2D eigenvalue weighted by atomic mass is 9.94. The van der Waals surface area contributed by atoms with Crippen LogP contribution in [0.25, 0.3) is 0 Å². The number of anilines is 1. The summed E-state index contributed by atoms with van der Waals surface area (Å²) >= 11 is 0. The zero-order valence-corrected chi connectivity index (χ0v) is 26.3. The molecule has 2 atom stereocenters. The number of hydrogen-bond donors (Lipinski definition) is 2. The van der Waals surface area contributed by atoms with Gasteiger partial charge in [0.05, 0.1) is 11.9 Å². The zero-order valence-electron chi connectivity index (χ0n) is 25.5. The minimum atomic E-state index is -3.15. The molecule has 2 unspecified atom stereocenters. The van der Waals surface area contributed by atoms with E-state index in [2.05, 4.69) is 34.7 Å². The van der Waals surface area contributed by atoms with Crippen LogP contribution in [0.5, 0.6) is 0 Å². The van der Waals surface area contributed by atoms with E-state index in [1.165, 1.54) is 23.5 Å². The van der Waals surface area contributed by atoms with Crippen LogP contribution in [0.3, 0.4) is 0 Å². The maximum absolute atomic E-state index is 13.6. The molecule has 0 aliphatic carbocycles. The molecule has 4 rings (SSSR count). The molecule has 1 amide bonds. The van der Waals surface area contributed by atoms with Gasteiger partial charge in [0.1, 0.15) is 0 Å². The summed E-state index contributed by atoms with van der Waals surface area (Å²) in [7, 11) is -1.65. The van der Waals surface area contributed by atoms with Crippen molar-refractivity contribution >= 4 is 21.6 Å². The summed E-state index contributed by atoms with van der Waals surface area (Å²) in [6, 6.07) is 28.9. The maximum atomic E-state index is 13.6. The van der Waals surface area contributed by atoms with Gasteiger partial charge in [-0.1, -0.05) is 73.7 Å². The van der Waals surface area contributed by atoms with Gasteiger partial charge in [-0.15, -0.1) is 0 Å². The highest BCUT2D eigenvalue weighted by Crippen LogP contribution is 2.27. The van der Waals surface area contributed by atoms with Crippen LogP contribution in [0, 0.1) is 5.92 Å². The summed E-state index contributed by atoms with van der Waals surface area (Å²) in [5.74, 6) is -2.83. The van der Waals surface area contributed by atoms with Crippen LogP contribution in [0.15, 0.2) is 109 Å². The van der Waals surface area contributed by atoms with Crippen LogP contribution in [-0.4, -0.2) is 45.2 Å². The van der Waals surface area contributed by atoms with E-state index in [0.29, 0.717) is 30.8 Å². The minimum absolute atomic E-state index is 0.0157. The summed E-state index contributed by atoms with van der Waals surface area (Å²) in [6.07, 6.45) is 4.97. The van der Waals surface area contributed by atoms with Crippen molar-refractivity contribution in [2.24, 2.45) is 5.92 Å². The van der Waals surface area contributed by atoms with Gasteiger partial charge in [-0.3, -0.25) is 14.1 Å². The first-order valence-electron chi connectivity index (χ1n) is 14.3. The molecule has 0 aliphatic rings. The number of rotatable bonds is 12. The Morgan fingerprint density at radius 2 is 1.50 bits per heavy atom. The van der Waals surface area contributed by atoms with Crippen molar-refractivity contribution in [3.8, 4) is 0 Å². The maximum Gasteiger partial charge on any atom is 0.270 e. The van der Waals surface area contributed by atoms with Crippen molar-refractivity contribution in [3.63, 3.8) is 0 Å². The Hall–Kier alpha value is -4.15. The molecule has 4 aromatic rings. The largest absolute Gasteiger partial charge is 0.349 e. The summed E-state index contributed by atoms with van der Waals surface area (Å²) in [6.45, 7) is 4.12. The van der Waals surface area contributed by atoms with Crippen LogP contribution in [0.1, 0.15) is 40.9 Å². The molecule has 10 heteroatoms. The Morgan fingerprint density at radius 1 is 0.909 bits per heavy atom. The number of carbonyl (C=O) groups excluding carboxylic acids is 1. The van der Waals surface area contributed by atoms with Gasteiger partial charge in [-0.25, -0.2) is 17.2 Å². The first-order valence-corrected chi connectivity index (χ1v) is 16.1. The second-order valence-corrected chi connectivity index (χ2v) is 12.8. The average molecular weight is 623 g/mol. The van der Waals surface area contributed by atoms with Crippen molar-refractivity contribution in [3.05, 3.63) is 132 Å². The second kappa shape index (κ2) is 16.1. The van der Waals surface area contributed by atoms with Gasteiger partial charge in [-0.05, 0) is 60.3 Å². The van der Waals surface area contributed by atoms with Gasteiger partial charge >= 0.3 is 0 Å².